The van der Waals surface area contributed by atoms with Gasteiger partial charge in [0.2, 0.25) is 0 Å². The molecule has 7 heteroatoms. The molecule has 0 bridgehead atoms. The monoisotopic (exact) mass is 281 g/mol. The number of carbonyl (C=O) groups excluding carboxylic acids is 1. The largest absolute Gasteiger partial charge is 0.479 e. The molecule has 0 heterocycles. The average Bonchev–Trinajstić information content (AvgIpc) is 2.37. The molecule has 0 aliphatic rings. The van der Waals surface area contributed by atoms with E-state index >= 15 is 0 Å². The van der Waals surface area contributed by atoms with Crippen molar-refractivity contribution in [3.05, 3.63) is 29.8 Å². The van der Waals surface area contributed by atoms with Gasteiger partial charge in [-0.2, -0.15) is 0 Å². The molecule has 1 aromatic rings. The van der Waals surface area contributed by atoms with Crippen LogP contribution in [0.5, 0.6) is 0 Å². The topological polar surface area (TPSA) is 111 Å². The van der Waals surface area contributed by atoms with Crippen molar-refractivity contribution in [3.8, 4) is 0 Å². The Morgan fingerprint density at radius 1 is 1.35 bits per heavy atom. The molecule has 0 aliphatic heterocycles. The van der Waals surface area contributed by atoms with Gasteiger partial charge in [-0.25, -0.2) is 9.59 Å². The third kappa shape index (κ3) is 4.87. The zero-order valence-electron chi connectivity index (χ0n) is 11.4. The van der Waals surface area contributed by atoms with Crippen LogP contribution < -0.4 is 16.0 Å². The molecule has 0 radical (unpaired) electrons. The molecule has 0 aromatic heterocycles. The second kappa shape index (κ2) is 6.88. The minimum Gasteiger partial charge on any atom is -0.479 e. The first-order chi connectivity index (χ1) is 9.35. The summed E-state index contributed by atoms with van der Waals surface area (Å²) in [5, 5.41) is 26.1. The predicted molar refractivity (Wildman–Crippen MR) is 74.5 cm³/mol. The van der Waals surface area contributed by atoms with Gasteiger partial charge in [-0.1, -0.05) is 12.1 Å². The van der Waals surface area contributed by atoms with E-state index in [1.165, 1.54) is 0 Å². The molecule has 1 aromatic carbocycles. The first-order valence-electron chi connectivity index (χ1n) is 6.09. The highest BCUT2D eigenvalue weighted by Crippen LogP contribution is 2.10. The van der Waals surface area contributed by atoms with E-state index in [-0.39, 0.29) is 6.54 Å². The Morgan fingerprint density at radius 3 is 2.65 bits per heavy atom. The summed E-state index contributed by atoms with van der Waals surface area (Å²) in [5.74, 6) is -1.39. The molecule has 0 saturated carbocycles. The van der Waals surface area contributed by atoms with Crippen molar-refractivity contribution >= 4 is 17.7 Å². The molecule has 5 N–H and O–H groups in total. The quantitative estimate of drug-likeness (QED) is 0.517. The lowest BCUT2D eigenvalue weighted by Crippen LogP contribution is -2.47. The number of benzene rings is 1. The Hall–Kier alpha value is -2.12. The van der Waals surface area contributed by atoms with Crippen LogP contribution in [0.4, 0.5) is 10.5 Å². The van der Waals surface area contributed by atoms with Gasteiger partial charge in [0.05, 0.1) is 6.54 Å². The normalized spacial score (nSPS) is 13.3. The Balaban J connectivity index is 2.54. The SMILES string of the molecule is CNCc1cccc(NC(=O)NCC(C)(O)C(=O)O)c1. The second-order valence-electron chi connectivity index (χ2n) is 4.62. The lowest BCUT2D eigenvalue weighted by Gasteiger charge is -2.18. The van der Waals surface area contributed by atoms with Gasteiger partial charge in [-0.3, -0.25) is 0 Å². The first kappa shape index (κ1) is 15.9. The summed E-state index contributed by atoms with van der Waals surface area (Å²) in [5.41, 5.74) is -0.404. The fourth-order valence-electron chi connectivity index (χ4n) is 1.47. The van der Waals surface area contributed by atoms with Gasteiger partial charge >= 0.3 is 12.0 Å². The van der Waals surface area contributed by atoms with Gasteiger partial charge in [-0.05, 0) is 31.7 Å². The minimum absolute atomic E-state index is 0.385. The van der Waals surface area contributed by atoms with Gasteiger partial charge in [0.15, 0.2) is 5.60 Å². The Bertz CT molecular complexity index is 488. The van der Waals surface area contributed by atoms with Crippen molar-refractivity contribution in [2.24, 2.45) is 0 Å². The van der Waals surface area contributed by atoms with Gasteiger partial charge in [0.25, 0.3) is 0 Å². The number of rotatable bonds is 6. The van der Waals surface area contributed by atoms with E-state index in [1.807, 2.05) is 13.1 Å². The lowest BCUT2D eigenvalue weighted by molar-refractivity contribution is -0.155. The molecule has 7 nitrogen and oxygen atoms in total. The smallest absolute Gasteiger partial charge is 0.337 e. The summed E-state index contributed by atoms with van der Waals surface area (Å²) in [6.45, 7) is 1.40. The van der Waals surface area contributed by atoms with Crippen molar-refractivity contribution in [3.63, 3.8) is 0 Å². The van der Waals surface area contributed by atoms with Gasteiger partial charge in [0.1, 0.15) is 0 Å². The fraction of sp³-hybridized carbons (Fsp3) is 0.385. The van der Waals surface area contributed by atoms with Crippen molar-refractivity contribution in [1.29, 1.82) is 0 Å². The molecule has 0 spiro atoms. The Labute approximate surface area is 117 Å². The highest BCUT2D eigenvalue weighted by atomic mass is 16.4. The van der Waals surface area contributed by atoms with E-state index in [0.29, 0.717) is 12.2 Å². The summed E-state index contributed by atoms with van der Waals surface area (Å²) in [6, 6.07) is 6.65. The fourth-order valence-corrected chi connectivity index (χ4v) is 1.47. The van der Waals surface area contributed by atoms with Crippen LogP contribution in [0.15, 0.2) is 24.3 Å². The molecular weight excluding hydrogens is 262 g/mol. The number of amides is 2. The molecule has 2 amide bonds. The van der Waals surface area contributed by atoms with E-state index in [9.17, 15) is 14.7 Å². The second-order valence-corrected chi connectivity index (χ2v) is 4.62. The summed E-state index contributed by atoms with van der Waals surface area (Å²) in [4.78, 5) is 22.3. The summed E-state index contributed by atoms with van der Waals surface area (Å²) < 4.78 is 0. The van der Waals surface area contributed by atoms with Crippen molar-refractivity contribution in [1.82, 2.24) is 10.6 Å². The van der Waals surface area contributed by atoms with Gasteiger partial charge < -0.3 is 26.2 Å². The molecule has 1 atom stereocenters. The van der Waals surface area contributed by atoms with E-state index in [1.54, 1.807) is 18.2 Å². The van der Waals surface area contributed by atoms with Gasteiger partial charge in [0, 0.05) is 12.2 Å². The lowest BCUT2D eigenvalue weighted by atomic mass is 10.1. The van der Waals surface area contributed by atoms with Crippen LogP contribution in [0.2, 0.25) is 0 Å². The van der Waals surface area contributed by atoms with Crippen molar-refractivity contribution in [2.45, 2.75) is 19.1 Å². The molecule has 1 rings (SSSR count). The number of carbonyl (C=O) groups is 2. The Kier molecular flexibility index (Phi) is 5.48. The number of aliphatic hydroxyl groups is 1. The number of carboxylic acid groups (broad SMARTS) is 1. The highest BCUT2D eigenvalue weighted by molar-refractivity contribution is 5.90. The summed E-state index contributed by atoms with van der Waals surface area (Å²) in [6.07, 6.45) is 0. The maximum atomic E-state index is 11.6. The minimum atomic E-state index is -1.99. The number of nitrogens with one attached hydrogen (secondary N) is 3. The van der Waals surface area contributed by atoms with Crippen LogP contribution in [0, 0.1) is 0 Å². The summed E-state index contributed by atoms with van der Waals surface area (Å²) >= 11 is 0. The average molecular weight is 281 g/mol. The zero-order chi connectivity index (χ0) is 15.2. The van der Waals surface area contributed by atoms with E-state index in [2.05, 4.69) is 16.0 Å². The first-order valence-corrected chi connectivity index (χ1v) is 6.09. The van der Waals surface area contributed by atoms with Crippen LogP contribution in [0.3, 0.4) is 0 Å². The van der Waals surface area contributed by atoms with E-state index < -0.39 is 17.6 Å². The maximum absolute atomic E-state index is 11.6. The van der Waals surface area contributed by atoms with Crippen molar-refractivity contribution in [2.75, 3.05) is 18.9 Å². The molecule has 110 valence electrons. The standard InChI is InChI=1S/C13H19N3O4/c1-13(20,11(17)18)8-15-12(19)16-10-5-3-4-9(6-10)7-14-2/h3-6,14,20H,7-8H2,1-2H3,(H,17,18)(H2,15,16,19). The molecule has 0 fully saturated rings. The number of anilines is 1. The highest BCUT2D eigenvalue weighted by Gasteiger charge is 2.30. The maximum Gasteiger partial charge on any atom is 0.337 e. The van der Waals surface area contributed by atoms with E-state index in [0.717, 1.165) is 12.5 Å². The third-order valence-corrected chi connectivity index (χ3v) is 2.62. The number of carboxylic acids is 1. The number of hydrogen-bond donors (Lipinski definition) is 5. The number of hydrogen-bond acceptors (Lipinski definition) is 4. The Morgan fingerprint density at radius 2 is 2.05 bits per heavy atom. The predicted octanol–water partition coefficient (Wildman–Crippen LogP) is 0.363. The van der Waals surface area contributed by atoms with Gasteiger partial charge in [-0.15, -0.1) is 0 Å². The molecular formula is C13H19N3O4. The van der Waals surface area contributed by atoms with Crippen LogP contribution in [-0.4, -0.2) is 41.4 Å². The zero-order valence-corrected chi connectivity index (χ0v) is 11.4. The molecule has 1 unspecified atom stereocenters. The van der Waals surface area contributed by atoms with Crippen molar-refractivity contribution < 1.29 is 19.8 Å². The van der Waals surface area contributed by atoms with Crippen LogP contribution in [-0.2, 0) is 11.3 Å². The molecule has 0 aliphatic carbocycles. The summed E-state index contributed by atoms with van der Waals surface area (Å²) in [7, 11) is 1.82. The van der Waals surface area contributed by atoms with Crippen LogP contribution >= 0.6 is 0 Å². The van der Waals surface area contributed by atoms with E-state index in [4.69, 9.17) is 5.11 Å². The number of aliphatic carboxylic acids is 1. The molecule has 20 heavy (non-hydrogen) atoms. The molecule has 0 saturated heterocycles. The third-order valence-electron chi connectivity index (χ3n) is 2.62. The van der Waals surface area contributed by atoms with Crippen LogP contribution in [0.1, 0.15) is 12.5 Å². The number of urea groups is 1. The van der Waals surface area contributed by atoms with Crippen LogP contribution in [0.25, 0.3) is 0 Å².